The molecule has 7 heteroatoms. The van der Waals surface area contributed by atoms with Crippen LogP contribution in [0.1, 0.15) is 6.42 Å². The van der Waals surface area contributed by atoms with E-state index >= 15 is 0 Å². The highest BCUT2D eigenvalue weighted by Crippen LogP contribution is 2.14. The summed E-state index contributed by atoms with van der Waals surface area (Å²) >= 11 is 0. The van der Waals surface area contributed by atoms with Gasteiger partial charge >= 0.3 is 6.03 Å². The van der Waals surface area contributed by atoms with Gasteiger partial charge in [0.15, 0.2) is 11.6 Å². The third-order valence-electron chi connectivity index (χ3n) is 2.36. The van der Waals surface area contributed by atoms with Crippen LogP contribution in [0, 0.1) is 11.6 Å². The van der Waals surface area contributed by atoms with Crippen molar-refractivity contribution in [2.75, 3.05) is 33.4 Å². The van der Waals surface area contributed by atoms with E-state index in [0.717, 1.165) is 18.6 Å². The summed E-state index contributed by atoms with van der Waals surface area (Å²) in [5.41, 5.74) is 0. The lowest BCUT2D eigenvalue weighted by Gasteiger charge is -2.09. The zero-order chi connectivity index (χ0) is 14.8. The number of urea groups is 1. The standard InChI is InChI=1S/C13H18F2N2O3/c1-19-7-2-5-16-13(18)17-6-8-20-10-3-4-11(14)12(15)9-10/h3-4,9H,2,5-8H2,1H3,(H2,16,17,18). The molecule has 1 aromatic carbocycles. The van der Waals surface area contributed by atoms with Gasteiger partial charge in [-0.25, -0.2) is 13.6 Å². The van der Waals surface area contributed by atoms with Gasteiger partial charge in [0.1, 0.15) is 12.4 Å². The molecule has 2 N–H and O–H groups in total. The highest BCUT2D eigenvalue weighted by molar-refractivity contribution is 5.73. The van der Waals surface area contributed by atoms with Crippen LogP contribution in [0.5, 0.6) is 5.75 Å². The normalized spacial score (nSPS) is 10.2. The first kappa shape index (κ1) is 16.2. The Hall–Kier alpha value is -1.89. The molecule has 5 nitrogen and oxygen atoms in total. The highest BCUT2D eigenvalue weighted by atomic mass is 19.2. The second-order valence-corrected chi connectivity index (χ2v) is 3.95. The van der Waals surface area contributed by atoms with Crippen molar-refractivity contribution in [3.8, 4) is 5.75 Å². The molecule has 0 atom stereocenters. The number of halogens is 2. The SMILES string of the molecule is COCCCNC(=O)NCCOc1ccc(F)c(F)c1. The summed E-state index contributed by atoms with van der Waals surface area (Å²) in [5, 5.41) is 5.21. The van der Waals surface area contributed by atoms with Crippen LogP contribution in [-0.2, 0) is 4.74 Å². The number of ether oxygens (including phenoxy) is 2. The van der Waals surface area contributed by atoms with E-state index in [9.17, 15) is 13.6 Å². The van der Waals surface area contributed by atoms with Crippen molar-refractivity contribution < 1.29 is 23.0 Å². The molecule has 0 saturated heterocycles. The van der Waals surface area contributed by atoms with Gasteiger partial charge in [-0.05, 0) is 18.6 Å². The number of methoxy groups -OCH3 is 1. The van der Waals surface area contributed by atoms with E-state index in [4.69, 9.17) is 9.47 Å². The van der Waals surface area contributed by atoms with Crippen LogP contribution in [0.4, 0.5) is 13.6 Å². The Morgan fingerprint density at radius 2 is 1.90 bits per heavy atom. The summed E-state index contributed by atoms with van der Waals surface area (Å²) < 4.78 is 35.5. The molecular formula is C13H18F2N2O3. The van der Waals surface area contributed by atoms with Crippen molar-refractivity contribution in [1.29, 1.82) is 0 Å². The lowest BCUT2D eigenvalue weighted by Crippen LogP contribution is -2.38. The Balaban J connectivity index is 2.12. The molecule has 0 saturated carbocycles. The molecule has 0 unspecified atom stereocenters. The van der Waals surface area contributed by atoms with Crippen molar-refractivity contribution >= 4 is 6.03 Å². The Labute approximate surface area is 116 Å². The van der Waals surface area contributed by atoms with E-state index in [-0.39, 0.29) is 24.9 Å². The molecule has 0 fully saturated rings. The quantitative estimate of drug-likeness (QED) is 0.716. The van der Waals surface area contributed by atoms with Crippen LogP contribution in [0.3, 0.4) is 0 Å². The summed E-state index contributed by atoms with van der Waals surface area (Å²) in [7, 11) is 1.59. The topological polar surface area (TPSA) is 59.6 Å². The van der Waals surface area contributed by atoms with Crippen LogP contribution < -0.4 is 15.4 Å². The molecule has 0 spiro atoms. The predicted octanol–water partition coefficient (Wildman–Crippen LogP) is 1.68. The zero-order valence-corrected chi connectivity index (χ0v) is 11.2. The minimum Gasteiger partial charge on any atom is -0.492 e. The number of amides is 2. The van der Waals surface area contributed by atoms with E-state index in [1.807, 2.05) is 0 Å². The molecule has 0 aliphatic heterocycles. The third kappa shape index (κ3) is 6.33. The maximum absolute atomic E-state index is 12.9. The van der Waals surface area contributed by atoms with E-state index in [1.165, 1.54) is 6.07 Å². The number of hydrogen-bond donors (Lipinski definition) is 2. The second kappa shape index (κ2) is 9.08. The summed E-state index contributed by atoms with van der Waals surface area (Å²) in [5.74, 6) is -1.68. The molecule has 1 aromatic rings. The summed E-state index contributed by atoms with van der Waals surface area (Å²) in [6, 6.07) is 2.96. The summed E-state index contributed by atoms with van der Waals surface area (Å²) in [6.07, 6.45) is 0.731. The molecule has 20 heavy (non-hydrogen) atoms. The fourth-order valence-corrected chi connectivity index (χ4v) is 1.38. The lowest BCUT2D eigenvalue weighted by molar-refractivity contribution is 0.193. The molecular weight excluding hydrogens is 270 g/mol. The number of hydrogen-bond acceptors (Lipinski definition) is 3. The molecule has 1 rings (SSSR count). The molecule has 0 bridgehead atoms. The monoisotopic (exact) mass is 288 g/mol. The smallest absolute Gasteiger partial charge is 0.314 e. The molecule has 0 aliphatic carbocycles. The first-order chi connectivity index (χ1) is 9.63. The number of rotatable bonds is 8. The van der Waals surface area contributed by atoms with E-state index < -0.39 is 11.6 Å². The molecule has 0 aromatic heterocycles. The Bertz CT molecular complexity index is 430. The molecule has 2 amide bonds. The van der Waals surface area contributed by atoms with Crippen LogP contribution in [0.25, 0.3) is 0 Å². The van der Waals surface area contributed by atoms with E-state index in [1.54, 1.807) is 7.11 Å². The van der Waals surface area contributed by atoms with Gasteiger partial charge in [0.2, 0.25) is 0 Å². The van der Waals surface area contributed by atoms with Gasteiger partial charge in [-0.15, -0.1) is 0 Å². The fraction of sp³-hybridized carbons (Fsp3) is 0.462. The first-order valence-electron chi connectivity index (χ1n) is 6.22. The van der Waals surface area contributed by atoms with E-state index in [0.29, 0.717) is 13.2 Å². The Kier molecular flexibility index (Phi) is 7.34. The highest BCUT2D eigenvalue weighted by Gasteiger charge is 2.03. The van der Waals surface area contributed by atoms with Gasteiger partial charge in [0.05, 0.1) is 6.54 Å². The van der Waals surface area contributed by atoms with Gasteiger partial charge in [0, 0.05) is 26.3 Å². The van der Waals surface area contributed by atoms with Gasteiger partial charge in [-0.3, -0.25) is 0 Å². The zero-order valence-electron chi connectivity index (χ0n) is 11.2. The Morgan fingerprint density at radius 3 is 2.60 bits per heavy atom. The largest absolute Gasteiger partial charge is 0.492 e. The van der Waals surface area contributed by atoms with Crippen molar-refractivity contribution in [3.05, 3.63) is 29.8 Å². The maximum Gasteiger partial charge on any atom is 0.314 e. The van der Waals surface area contributed by atoms with Gasteiger partial charge < -0.3 is 20.1 Å². The van der Waals surface area contributed by atoms with Crippen molar-refractivity contribution in [2.45, 2.75) is 6.42 Å². The average Bonchev–Trinajstić information content (AvgIpc) is 2.43. The molecule has 0 radical (unpaired) electrons. The summed E-state index contributed by atoms with van der Waals surface area (Å²) in [6.45, 7) is 1.52. The van der Waals surface area contributed by atoms with Crippen LogP contribution in [0.15, 0.2) is 18.2 Å². The number of carbonyl (C=O) groups excluding carboxylic acids is 1. The maximum atomic E-state index is 12.9. The molecule has 0 aliphatic rings. The fourth-order valence-electron chi connectivity index (χ4n) is 1.38. The van der Waals surface area contributed by atoms with Crippen molar-refractivity contribution in [1.82, 2.24) is 10.6 Å². The van der Waals surface area contributed by atoms with Crippen LogP contribution in [-0.4, -0.2) is 39.4 Å². The van der Waals surface area contributed by atoms with Crippen molar-refractivity contribution in [3.63, 3.8) is 0 Å². The molecule has 0 heterocycles. The van der Waals surface area contributed by atoms with Gasteiger partial charge in [0.25, 0.3) is 0 Å². The van der Waals surface area contributed by atoms with Gasteiger partial charge in [-0.1, -0.05) is 0 Å². The van der Waals surface area contributed by atoms with Crippen molar-refractivity contribution in [2.24, 2.45) is 0 Å². The van der Waals surface area contributed by atoms with Crippen LogP contribution >= 0.6 is 0 Å². The lowest BCUT2D eigenvalue weighted by atomic mass is 10.3. The predicted molar refractivity (Wildman–Crippen MR) is 69.7 cm³/mol. The minimum absolute atomic E-state index is 0.163. The molecule has 112 valence electrons. The Morgan fingerprint density at radius 1 is 1.15 bits per heavy atom. The average molecular weight is 288 g/mol. The second-order valence-electron chi connectivity index (χ2n) is 3.95. The first-order valence-corrected chi connectivity index (χ1v) is 6.22. The minimum atomic E-state index is -0.966. The van der Waals surface area contributed by atoms with E-state index in [2.05, 4.69) is 10.6 Å². The number of benzene rings is 1. The van der Waals surface area contributed by atoms with Crippen LogP contribution in [0.2, 0.25) is 0 Å². The number of nitrogens with one attached hydrogen (secondary N) is 2. The summed E-state index contributed by atoms with van der Waals surface area (Å²) in [4.78, 5) is 11.3. The third-order valence-corrected chi connectivity index (χ3v) is 2.36. The number of carbonyl (C=O) groups is 1. The van der Waals surface area contributed by atoms with Gasteiger partial charge in [-0.2, -0.15) is 0 Å².